The van der Waals surface area contributed by atoms with Crippen molar-refractivity contribution in [1.29, 1.82) is 0 Å². The Morgan fingerprint density at radius 3 is 2.73 bits per heavy atom. The lowest BCUT2D eigenvalue weighted by Crippen LogP contribution is -2.53. The third-order valence-electron chi connectivity index (χ3n) is 1.85. The second kappa shape index (κ2) is 2.36. The molecule has 0 aromatic rings. The van der Waals surface area contributed by atoms with E-state index in [1.54, 1.807) is 13.8 Å². The fraction of sp³-hybridized carbons (Fsp3) is 0.857. The van der Waals surface area contributed by atoms with Crippen LogP contribution in [0.1, 0.15) is 13.8 Å². The number of nitrogens with zero attached hydrogens (tertiary/aromatic N) is 1. The Hall–Kier alpha value is -0.800. The molecule has 0 aliphatic carbocycles. The number of carbonyl (C=O) groups is 1. The molecule has 1 atom stereocenters. The van der Waals surface area contributed by atoms with Gasteiger partial charge in [0.05, 0.1) is 6.54 Å². The minimum absolute atomic E-state index is 0.117. The molecule has 0 N–H and O–H groups in total. The van der Waals surface area contributed by atoms with Gasteiger partial charge < -0.3 is 9.64 Å². The number of rotatable bonds is 0. The predicted molar refractivity (Wildman–Crippen MR) is 38.1 cm³/mol. The summed E-state index contributed by atoms with van der Waals surface area (Å²) in [6.07, 6.45) is -1.56. The van der Waals surface area contributed by atoms with E-state index >= 15 is 0 Å². The zero-order chi connectivity index (χ0) is 8.65. The van der Waals surface area contributed by atoms with E-state index in [1.165, 1.54) is 11.9 Å². The average Bonchev–Trinajstić information content (AvgIpc) is 1.83. The highest BCUT2D eigenvalue weighted by Gasteiger charge is 2.40. The summed E-state index contributed by atoms with van der Waals surface area (Å²) in [5, 5.41) is 0. The maximum atomic E-state index is 13.1. The van der Waals surface area contributed by atoms with Crippen molar-refractivity contribution >= 4 is 6.09 Å². The van der Waals surface area contributed by atoms with Crippen molar-refractivity contribution in [3.63, 3.8) is 0 Å². The Kier molecular flexibility index (Phi) is 1.78. The molecule has 1 rings (SSSR count). The van der Waals surface area contributed by atoms with Crippen LogP contribution in [0.5, 0.6) is 0 Å². The van der Waals surface area contributed by atoms with Crippen molar-refractivity contribution < 1.29 is 13.9 Å². The van der Waals surface area contributed by atoms with Gasteiger partial charge in [-0.15, -0.1) is 0 Å². The van der Waals surface area contributed by atoms with E-state index in [9.17, 15) is 9.18 Å². The number of cyclic esters (lactones) is 1. The van der Waals surface area contributed by atoms with E-state index in [0.29, 0.717) is 0 Å². The van der Waals surface area contributed by atoms with Crippen LogP contribution in [-0.4, -0.2) is 36.4 Å². The molecule has 11 heavy (non-hydrogen) atoms. The van der Waals surface area contributed by atoms with Crippen LogP contribution >= 0.6 is 0 Å². The van der Waals surface area contributed by atoms with Gasteiger partial charge in [0.15, 0.2) is 6.17 Å². The number of halogens is 1. The number of alkyl halides is 1. The summed E-state index contributed by atoms with van der Waals surface area (Å²) in [4.78, 5) is 12.1. The molecule has 0 saturated carbocycles. The SMILES string of the molecule is CN1CC(F)C(C)(C)OC1=O. The fourth-order valence-electron chi connectivity index (χ4n) is 0.902. The molecule has 1 fully saturated rings. The summed E-state index contributed by atoms with van der Waals surface area (Å²) in [7, 11) is 1.52. The summed E-state index contributed by atoms with van der Waals surface area (Å²) in [5.74, 6) is 0. The minimum atomic E-state index is -1.11. The number of ether oxygens (including phenoxy) is 1. The molecule has 1 aliphatic rings. The smallest absolute Gasteiger partial charge is 0.410 e. The zero-order valence-corrected chi connectivity index (χ0v) is 6.93. The zero-order valence-electron chi connectivity index (χ0n) is 6.93. The van der Waals surface area contributed by atoms with Gasteiger partial charge in [-0.05, 0) is 13.8 Å². The summed E-state index contributed by atoms with van der Waals surface area (Å²) in [6, 6.07) is 0. The quantitative estimate of drug-likeness (QED) is 0.534. The van der Waals surface area contributed by atoms with Crippen LogP contribution in [0.2, 0.25) is 0 Å². The molecule has 64 valence electrons. The molecule has 1 saturated heterocycles. The molecule has 0 bridgehead atoms. The minimum Gasteiger partial charge on any atom is -0.440 e. The molecular formula is C7H12FNO2. The third kappa shape index (κ3) is 1.44. The van der Waals surface area contributed by atoms with Crippen LogP contribution in [0, 0.1) is 0 Å². The first kappa shape index (κ1) is 8.30. The molecular weight excluding hydrogens is 149 g/mol. The maximum Gasteiger partial charge on any atom is 0.410 e. The summed E-state index contributed by atoms with van der Waals surface area (Å²) >= 11 is 0. The van der Waals surface area contributed by atoms with Crippen LogP contribution in [0.25, 0.3) is 0 Å². The first-order valence-corrected chi connectivity index (χ1v) is 3.51. The molecule has 0 spiro atoms. The topological polar surface area (TPSA) is 29.5 Å². The predicted octanol–water partition coefficient (Wildman–Crippen LogP) is 1.19. The van der Waals surface area contributed by atoms with Gasteiger partial charge >= 0.3 is 6.09 Å². The second-order valence-corrected chi connectivity index (χ2v) is 3.32. The Morgan fingerprint density at radius 1 is 1.73 bits per heavy atom. The third-order valence-corrected chi connectivity index (χ3v) is 1.85. The maximum absolute atomic E-state index is 13.1. The van der Waals surface area contributed by atoms with Gasteiger partial charge in [0.1, 0.15) is 5.60 Å². The van der Waals surface area contributed by atoms with E-state index < -0.39 is 17.9 Å². The van der Waals surface area contributed by atoms with Crippen molar-refractivity contribution in [1.82, 2.24) is 4.90 Å². The Morgan fingerprint density at radius 2 is 2.27 bits per heavy atom. The molecule has 1 aliphatic heterocycles. The monoisotopic (exact) mass is 161 g/mol. The Labute approximate surface area is 65.1 Å². The normalized spacial score (nSPS) is 30.0. The van der Waals surface area contributed by atoms with Gasteiger partial charge in [0.2, 0.25) is 0 Å². The molecule has 0 aromatic carbocycles. The number of hydrogen-bond donors (Lipinski definition) is 0. The largest absolute Gasteiger partial charge is 0.440 e. The lowest BCUT2D eigenvalue weighted by Gasteiger charge is -2.37. The van der Waals surface area contributed by atoms with Crippen LogP contribution in [0.15, 0.2) is 0 Å². The molecule has 3 nitrogen and oxygen atoms in total. The van der Waals surface area contributed by atoms with E-state index in [0.717, 1.165) is 0 Å². The molecule has 1 amide bonds. The number of hydrogen-bond acceptors (Lipinski definition) is 2. The van der Waals surface area contributed by atoms with Gasteiger partial charge in [0.25, 0.3) is 0 Å². The van der Waals surface area contributed by atoms with Crippen molar-refractivity contribution in [2.45, 2.75) is 25.6 Å². The van der Waals surface area contributed by atoms with E-state index in [-0.39, 0.29) is 6.54 Å². The standard InChI is InChI=1S/C7H12FNO2/c1-7(2)5(8)4-9(3)6(10)11-7/h5H,4H2,1-3H3. The molecule has 1 heterocycles. The fourth-order valence-corrected chi connectivity index (χ4v) is 0.902. The Balaban J connectivity index is 2.70. The van der Waals surface area contributed by atoms with Gasteiger partial charge in [-0.2, -0.15) is 0 Å². The summed E-state index contributed by atoms with van der Waals surface area (Å²) in [5.41, 5.74) is -0.969. The second-order valence-electron chi connectivity index (χ2n) is 3.32. The molecule has 4 heteroatoms. The number of amides is 1. The van der Waals surface area contributed by atoms with Crippen molar-refractivity contribution in [2.75, 3.05) is 13.6 Å². The highest BCUT2D eigenvalue weighted by atomic mass is 19.1. The highest BCUT2D eigenvalue weighted by Crippen LogP contribution is 2.24. The average molecular weight is 161 g/mol. The Bertz CT molecular complexity index is 181. The van der Waals surface area contributed by atoms with Gasteiger partial charge in [-0.25, -0.2) is 9.18 Å². The number of carbonyl (C=O) groups excluding carboxylic acids is 1. The van der Waals surface area contributed by atoms with E-state index in [4.69, 9.17) is 4.74 Å². The molecule has 0 aromatic heterocycles. The van der Waals surface area contributed by atoms with Gasteiger partial charge in [0, 0.05) is 7.05 Å². The summed E-state index contributed by atoms with van der Waals surface area (Å²) in [6.45, 7) is 3.26. The van der Waals surface area contributed by atoms with E-state index in [2.05, 4.69) is 0 Å². The van der Waals surface area contributed by atoms with Crippen LogP contribution in [0.4, 0.5) is 9.18 Å². The van der Waals surface area contributed by atoms with Gasteiger partial charge in [-0.3, -0.25) is 0 Å². The lowest BCUT2D eigenvalue weighted by molar-refractivity contribution is -0.0722. The molecule has 1 unspecified atom stereocenters. The first-order valence-electron chi connectivity index (χ1n) is 3.51. The highest BCUT2D eigenvalue weighted by molar-refractivity contribution is 5.68. The van der Waals surface area contributed by atoms with Crippen LogP contribution in [-0.2, 0) is 4.74 Å². The van der Waals surface area contributed by atoms with Crippen molar-refractivity contribution in [2.24, 2.45) is 0 Å². The van der Waals surface area contributed by atoms with Gasteiger partial charge in [-0.1, -0.05) is 0 Å². The van der Waals surface area contributed by atoms with Crippen molar-refractivity contribution in [3.8, 4) is 0 Å². The first-order chi connectivity index (χ1) is 4.93. The molecule has 0 radical (unpaired) electrons. The van der Waals surface area contributed by atoms with Crippen LogP contribution < -0.4 is 0 Å². The van der Waals surface area contributed by atoms with Crippen LogP contribution in [0.3, 0.4) is 0 Å². The lowest BCUT2D eigenvalue weighted by atomic mass is 10.0. The summed E-state index contributed by atoms with van der Waals surface area (Å²) < 4.78 is 17.9. The van der Waals surface area contributed by atoms with Crippen molar-refractivity contribution in [3.05, 3.63) is 0 Å². The van der Waals surface area contributed by atoms with E-state index in [1.807, 2.05) is 0 Å².